The molecule has 0 heterocycles. The van der Waals surface area contributed by atoms with E-state index < -0.39 is 0 Å². The molecule has 0 radical (unpaired) electrons. The largest absolute Gasteiger partial charge is 0.469 e. The predicted octanol–water partition coefficient (Wildman–Crippen LogP) is 1.94. The molecule has 0 aromatic heterocycles. The van der Waals surface area contributed by atoms with Crippen molar-refractivity contribution >= 4 is 11.8 Å². The van der Waals surface area contributed by atoms with Crippen molar-refractivity contribution in [2.24, 2.45) is 5.41 Å². The molecule has 76 valence electrons. The number of hydrogen-bond acceptors (Lipinski definition) is 3. The van der Waals surface area contributed by atoms with Gasteiger partial charge >= 0.3 is 5.97 Å². The van der Waals surface area contributed by atoms with E-state index in [9.17, 15) is 9.59 Å². The molecule has 0 aliphatic heterocycles. The highest BCUT2D eigenvalue weighted by Gasteiger charge is 2.20. The lowest BCUT2D eigenvalue weighted by molar-refractivity contribution is -0.140. The van der Waals surface area contributed by atoms with Crippen LogP contribution < -0.4 is 0 Å². The first-order valence-electron chi connectivity index (χ1n) is 4.48. The Morgan fingerprint density at radius 3 is 2.08 bits per heavy atom. The highest BCUT2D eigenvalue weighted by atomic mass is 16.5. The quantitative estimate of drug-likeness (QED) is 0.630. The molecule has 0 saturated carbocycles. The van der Waals surface area contributed by atoms with Crippen LogP contribution in [-0.4, -0.2) is 18.9 Å². The fourth-order valence-corrected chi connectivity index (χ4v) is 0.870. The molecule has 3 nitrogen and oxygen atoms in total. The summed E-state index contributed by atoms with van der Waals surface area (Å²) in [5.41, 5.74) is -0.296. The van der Waals surface area contributed by atoms with Gasteiger partial charge in [0.05, 0.1) is 7.11 Å². The van der Waals surface area contributed by atoms with Crippen LogP contribution >= 0.6 is 0 Å². The van der Waals surface area contributed by atoms with Crippen molar-refractivity contribution in [3.63, 3.8) is 0 Å². The molecular weight excluding hydrogens is 168 g/mol. The molecule has 0 aromatic carbocycles. The van der Waals surface area contributed by atoms with Crippen molar-refractivity contribution in [3.05, 3.63) is 0 Å². The van der Waals surface area contributed by atoms with E-state index in [1.165, 1.54) is 7.11 Å². The first-order chi connectivity index (χ1) is 5.88. The van der Waals surface area contributed by atoms with E-state index in [-0.39, 0.29) is 17.2 Å². The summed E-state index contributed by atoms with van der Waals surface area (Å²) in [6.07, 6.45) is 1.37. The maximum absolute atomic E-state index is 11.4. The van der Waals surface area contributed by atoms with E-state index in [2.05, 4.69) is 4.74 Å². The summed E-state index contributed by atoms with van der Waals surface area (Å²) in [4.78, 5) is 22.1. The smallest absolute Gasteiger partial charge is 0.305 e. The molecule has 0 bridgehead atoms. The lowest BCUT2D eigenvalue weighted by Crippen LogP contribution is -2.20. The average Bonchev–Trinajstić information content (AvgIpc) is 2.02. The van der Waals surface area contributed by atoms with Crippen molar-refractivity contribution in [1.29, 1.82) is 0 Å². The Bertz CT molecular complexity index is 189. The summed E-state index contributed by atoms with van der Waals surface area (Å²) in [6.45, 7) is 5.65. The van der Waals surface area contributed by atoms with Gasteiger partial charge in [0.25, 0.3) is 0 Å². The third kappa shape index (κ3) is 5.39. The number of carbonyl (C=O) groups is 2. The lowest BCUT2D eigenvalue weighted by atomic mass is 9.88. The van der Waals surface area contributed by atoms with Gasteiger partial charge in [0, 0.05) is 18.3 Å². The Morgan fingerprint density at radius 2 is 1.69 bits per heavy atom. The van der Waals surface area contributed by atoms with Crippen molar-refractivity contribution in [1.82, 2.24) is 0 Å². The van der Waals surface area contributed by atoms with Gasteiger partial charge in [0.1, 0.15) is 5.78 Å². The standard InChI is InChI=1S/C10H18O3/c1-10(2,3)8(11)6-5-7-9(12)13-4/h5-7H2,1-4H3. The first-order valence-corrected chi connectivity index (χ1v) is 4.48. The number of hydrogen-bond donors (Lipinski definition) is 0. The highest BCUT2D eigenvalue weighted by molar-refractivity contribution is 5.84. The Labute approximate surface area is 79.5 Å². The molecule has 3 heteroatoms. The minimum atomic E-state index is -0.296. The Balaban J connectivity index is 3.67. The summed E-state index contributed by atoms with van der Waals surface area (Å²) < 4.78 is 4.47. The average molecular weight is 186 g/mol. The summed E-state index contributed by atoms with van der Waals surface area (Å²) in [5, 5.41) is 0. The van der Waals surface area contributed by atoms with Crippen LogP contribution in [-0.2, 0) is 14.3 Å². The normalized spacial score (nSPS) is 11.1. The van der Waals surface area contributed by atoms with Crippen LogP contribution in [0.25, 0.3) is 0 Å². The number of ether oxygens (including phenoxy) is 1. The van der Waals surface area contributed by atoms with Gasteiger partial charge in [-0.15, -0.1) is 0 Å². The molecule has 0 spiro atoms. The predicted molar refractivity (Wildman–Crippen MR) is 50.3 cm³/mol. The fourth-order valence-electron chi connectivity index (χ4n) is 0.870. The number of rotatable bonds is 4. The van der Waals surface area contributed by atoms with E-state index >= 15 is 0 Å². The van der Waals surface area contributed by atoms with Crippen molar-refractivity contribution < 1.29 is 14.3 Å². The third-order valence-electron chi connectivity index (χ3n) is 1.85. The molecule has 0 atom stereocenters. The van der Waals surface area contributed by atoms with Gasteiger partial charge in [-0.25, -0.2) is 0 Å². The summed E-state index contributed by atoms with van der Waals surface area (Å²) in [7, 11) is 1.36. The van der Waals surface area contributed by atoms with Gasteiger partial charge < -0.3 is 4.74 Å². The molecule has 0 rings (SSSR count). The van der Waals surface area contributed by atoms with Crippen molar-refractivity contribution in [2.45, 2.75) is 40.0 Å². The molecule has 0 aliphatic rings. The van der Waals surface area contributed by atoms with E-state index in [0.29, 0.717) is 19.3 Å². The molecule has 0 N–H and O–H groups in total. The molecule has 0 aliphatic carbocycles. The van der Waals surface area contributed by atoms with Crippen LogP contribution in [0.3, 0.4) is 0 Å². The van der Waals surface area contributed by atoms with Gasteiger partial charge in [-0.3, -0.25) is 9.59 Å². The van der Waals surface area contributed by atoms with E-state index in [1.54, 1.807) is 0 Å². The van der Waals surface area contributed by atoms with Crippen LogP contribution in [0.4, 0.5) is 0 Å². The maximum atomic E-state index is 11.4. The molecule has 0 fully saturated rings. The Morgan fingerprint density at radius 1 is 1.15 bits per heavy atom. The van der Waals surface area contributed by atoms with Crippen molar-refractivity contribution in [2.75, 3.05) is 7.11 Å². The van der Waals surface area contributed by atoms with Crippen LogP contribution in [0, 0.1) is 5.41 Å². The minimum absolute atomic E-state index is 0.191. The second kappa shape index (κ2) is 5.00. The minimum Gasteiger partial charge on any atom is -0.469 e. The zero-order chi connectivity index (χ0) is 10.5. The maximum Gasteiger partial charge on any atom is 0.305 e. The SMILES string of the molecule is COC(=O)CCCC(=O)C(C)(C)C. The van der Waals surface area contributed by atoms with E-state index in [4.69, 9.17) is 0 Å². The van der Waals surface area contributed by atoms with Gasteiger partial charge in [0.2, 0.25) is 0 Å². The van der Waals surface area contributed by atoms with Gasteiger partial charge in [-0.1, -0.05) is 20.8 Å². The number of carbonyl (C=O) groups excluding carboxylic acids is 2. The summed E-state index contributed by atoms with van der Waals surface area (Å²) in [5.74, 6) is -0.0573. The van der Waals surface area contributed by atoms with Crippen LogP contribution in [0.5, 0.6) is 0 Å². The van der Waals surface area contributed by atoms with Gasteiger partial charge in [-0.05, 0) is 6.42 Å². The zero-order valence-electron chi connectivity index (χ0n) is 8.85. The highest BCUT2D eigenvalue weighted by Crippen LogP contribution is 2.18. The van der Waals surface area contributed by atoms with E-state index in [1.807, 2.05) is 20.8 Å². The second-order valence-corrected chi connectivity index (χ2v) is 4.10. The van der Waals surface area contributed by atoms with Crippen LogP contribution in [0.1, 0.15) is 40.0 Å². The Kier molecular flexibility index (Phi) is 4.67. The summed E-state index contributed by atoms with van der Waals surface area (Å²) >= 11 is 0. The molecular formula is C10H18O3. The summed E-state index contributed by atoms with van der Waals surface area (Å²) in [6, 6.07) is 0. The topological polar surface area (TPSA) is 43.4 Å². The monoisotopic (exact) mass is 186 g/mol. The molecule has 0 saturated heterocycles. The van der Waals surface area contributed by atoms with Gasteiger partial charge in [-0.2, -0.15) is 0 Å². The molecule has 0 amide bonds. The molecule has 0 unspecified atom stereocenters. The first kappa shape index (κ1) is 12.1. The number of ketones is 1. The molecule has 0 aromatic rings. The van der Waals surface area contributed by atoms with Crippen LogP contribution in [0.2, 0.25) is 0 Å². The zero-order valence-corrected chi connectivity index (χ0v) is 8.85. The number of methoxy groups -OCH3 is 1. The van der Waals surface area contributed by atoms with Crippen molar-refractivity contribution in [3.8, 4) is 0 Å². The number of esters is 1. The lowest BCUT2D eigenvalue weighted by Gasteiger charge is -2.15. The Hall–Kier alpha value is -0.860. The van der Waals surface area contributed by atoms with Gasteiger partial charge in [0.15, 0.2) is 0 Å². The van der Waals surface area contributed by atoms with E-state index in [0.717, 1.165) is 0 Å². The molecule has 13 heavy (non-hydrogen) atoms. The van der Waals surface area contributed by atoms with Crippen LogP contribution in [0.15, 0.2) is 0 Å². The second-order valence-electron chi connectivity index (χ2n) is 4.10. The fraction of sp³-hybridized carbons (Fsp3) is 0.800. The third-order valence-corrected chi connectivity index (χ3v) is 1.85. The number of Topliss-reactive ketones (excluding diaryl/α,β-unsaturated/α-hetero) is 1.